The fourth-order valence-corrected chi connectivity index (χ4v) is 2.66. The summed E-state index contributed by atoms with van der Waals surface area (Å²) in [5, 5.41) is 4.20. The molecule has 3 rings (SSSR count). The molecule has 1 aromatic heterocycles. The van der Waals surface area contributed by atoms with Crippen molar-refractivity contribution in [2.45, 2.75) is 39.3 Å². The number of nitrogens with one attached hydrogen (secondary N) is 1. The smallest absolute Gasteiger partial charge is 0.133 e. The van der Waals surface area contributed by atoms with Gasteiger partial charge < -0.3 is 10.1 Å². The van der Waals surface area contributed by atoms with Gasteiger partial charge in [0.25, 0.3) is 0 Å². The summed E-state index contributed by atoms with van der Waals surface area (Å²) in [4.78, 5) is 4.38. The van der Waals surface area contributed by atoms with Gasteiger partial charge in [0.05, 0.1) is 5.69 Å². The zero-order chi connectivity index (χ0) is 14.8. The summed E-state index contributed by atoms with van der Waals surface area (Å²) in [6.07, 6.45) is 4.35. The van der Waals surface area contributed by atoms with Gasteiger partial charge >= 0.3 is 0 Å². The molecule has 1 fully saturated rings. The molecule has 0 saturated heterocycles. The van der Waals surface area contributed by atoms with Gasteiger partial charge in [-0.3, -0.25) is 4.98 Å². The van der Waals surface area contributed by atoms with Crippen molar-refractivity contribution in [2.75, 3.05) is 0 Å². The second-order valence-corrected chi connectivity index (χ2v) is 6.05. The highest BCUT2D eigenvalue weighted by Gasteiger charge is 2.20. The minimum Gasteiger partial charge on any atom is -0.457 e. The first kappa shape index (κ1) is 14.4. The third-order valence-electron chi connectivity index (χ3n) is 3.58. The topological polar surface area (TPSA) is 34.1 Å². The predicted molar refractivity (Wildman–Crippen MR) is 85.1 cm³/mol. The number of ether oxygens (including phenoxy) is 1. The second-order valence-electron chi connectivity index (χ2n) is 5.61. The summed E-state index contributed by atoms with van der Waals surface area (Å²) in [6, 6.07) is 8.38. The molecule has 0 bridgehead atoms. The Kier molecular flexibility index (Phi) is 4.13. The van der Waals surface area contributed by atoms with Crippen molar-refractivity contribution in [3.63, 3.8) is 0 Å². The molecular weight excluding hydrogens is 284 g/mol. The molecule has 1 saturated carbocycles. The quantitative estimate of drug-likeness (QED) is 0.889. The van der Waals surface area contributed by atoms with E-state index in [1.165, 1.54) is 12.8 Å². The molecule has 0 radical (unpaired) electrons. The molecule has 110 valence electrons. The number of nitrogens with zero attached hydrogens (tertiary/aromatic N) is 1. The lowest BCUT2D eigenvalue weighted by atomic mass is 10.1. The Morgan fingerprint density at radius 3 is 2.62 bits per heavy atom. The van der Waals surface area contributed by atoms with Gasteiger partial charge in [-0.15, -0.1) is 0 Å². The van der Waals surface area contributed by atoms with E-state index in [2.05, 4.69) is 10.3 Å². The third kappa shape index (κ3) is 3.74. The van der Waals surface area contributed by atoms with Crippen LogP contribution in [0.25, 0.3) is 0 Å². The number of hydrogen-bond donors (Lipinski definition) is 1. The number of aryl methyl sites for hydroxylation is 2. The fraction of sp³-hybridized carbons (Fsp3) is 0.353. The van der Waals surface area contributed by atoms with Crippen LogP contribution in [0.5, 0.6) is 11.5 Å². The summed E-state index contributed by atoms with van der Waals surface area (Å²) in [5.74, 6) is 1.68. The number of aromatic nitrogens is 1. The Balaban J connectivity index is 1.76. The van der Waals surface area contributed by atoms with Crippen molar-refractivity contribution in [3.05, 3.63) is 52.3 Å². The number of rotatable bonds is 5. The SMILES string of the molecule is Cc1cc(Cl)cc(C)c1Oc1ccnc(CNC2CC2)c1. The summed E-state index contributed by atoms with van der Waals surface area (Å²) >= 11 is 6.05. The Bertz CT molecular complexity index is 630. The highest BCUT2D eigenvalue weighted by Crippen LogP contribution is 2.31. The molecule has 1 aliphatic rings. The number of benzene rings is 1. The molecule has 21 heavy (non-hydrogen) atoms. The van der Waals surface area contributed by atoms with Crippen LogP contribution in [-0.4, -0.2) is 11.0 Å². The van der Waals surface area contributed by atoms with Gasteiger partial charge in [0.15, 0.2) is 0 Å². The van der Waals surface area contributed by atoms with Crippen LogP contribution >= 0.6 is 11.6 Å². The highest BCUT2D eigenvalue weighted by atomic mass is 35.5. The molecule has 0 atom stereocenters. The minimum absolute atomic E-state index is 0.678. The van der Waals surface area contributed by atoms with Crippen molar-refractivity contribution in [2.24, 2.45) is 0 Å². The van der Waals surface area contributed by atoms with Crippen LogP contribution in [0, 0.1) is 13.8 Å². The van der Waals surface area contributed by atoms with Gasteiger partial charge in [0.2, 0.25) is 0 Å². The monoisotopic (exact) mass is 302 g/mol. The van der Waals surface area contributed by atoms with E-state index in [0.717, 1.165) is 39.9 Å². The van der Waals surface area contributed by atoms with Gasteiger partial charge in [0.1, 0.15) is 11.5 Å². The zero-order valence-corrected chi connectivity index (χ0v) is 13.1. The van der Waals surface area contributed by atoms with Crippen LogP contribution in [0.1, 0.15) is 29.7 Å². The molecule has 1 N–H and O–H groups in total. The molecule has 0 aliphatic heterocycles. The Hall–Kier alpha value is -1.58. The number of halogens is 1. The van der Waals surface area contributed by atoms with Crippen LogP contribution < -0.4 is 10.1 Å². The lowest BCUT2D eigenvalue weighted by Crippen LogP contribution is -2.16. The number of hydrogen-bond acceptors (Lipinski definition) is 3. The van der Waals surface area contributed by atoms with E-state index in [1.54, 1.807) is 6.20 Å². The number of pyridine rings is 1. The molecule has 1 aromatic carbocycles. The third-order valence-corrected chi connectivity index (χ3v) is 3.80. The lowest BCUT2D eigenvalue weighted by molar-refractivity contribution is 0.473. The lowest BCUT2D eigenvalue weighted by Gasteiger charge is -2.13. The first-order valence-electron chi connectivity index (χ1n) is 7.25. The summed E-state index contributed by atoms with van der Waals surface area (Å²) < 4.78 is 6.03. The van der Waals surface area contributed by atoms with Gasteiger partial charge in [0, 0.05) is 29.9 Å². The normalized spacial score (nSPS) is 14.2. The van der Waals surface area contributed by atoms with E-state index in [-0.39, 0.29) is 0 Å². The van der Waals surface area contributed by atoms with Crippen LogP contribution in [0.2, 0.25) is 5.02 Å². The molecule has 0 spiro atoms. The van der Waals surface area contributed by atoms with Crippen LogP contribution in [0.4, 0.5) is 0 Å². The minimum atomic E-state index is 0.678. The highest BCUT2D eigenvalue weighted by molar-refractivity contribution is 6.30. The summed E-state index contributed by atoms with van der Waals surface area (Å²) in [6.45, 7) is 4.80. The average Bonchev–Trinajstić information content (AvgIpc) is 3.25. The van der Waals surface area contributed by atoms with Crippen LogP contribution in [0.15, 0.2) is 30.5 Å². The molecule has 2 aromatic rings. The molecule has 1 heterocycles. The fourth-order valence-electron chi connectivity index (χ4n) is 2.33. The van der Waals surface area contributed by atoms with E-state index >= 15 is 0 Å². The maximum Gasteiger partial charge on any atom is 0.133 e. The maximum absolute atomic E-state index is 6.05. The molecule has 0 amide bonds. The summed E-state index contributed by atoms with van der Waals surface area (Å²) in [5.41, 5.74) is 3.08. The molecule has 1 aliphatic carbocycles. The second kappa shape index (κ2) is 6.04. The Labute approximate surface area is 130 Å². The van der Waals surface area contributed by atoms with Crippen LogP contribution in [-0.2, 0) is 6.54 Å². The standard InChI is InChI=1S/C17H19ClN2O/c1-11-7-13(18)8-12(2)17(11)21-16-5-6-19-15(9-16)10-20-14-3-4-14/h5-9,14,20H,3-4,10H2,1-2H3. The largest absolute Gasteiger partial charge is 0.457 e. The van der Waals surface area contributed by atoms with E-state index in [9.17, 15) is 0 Å². The average molecular weight is 303 g/mol. The van der Waals surface area contributed by atoms with Crippen molar-refractivity contribution in [1.29, 1.82) is 0 Å². The van der Waals surface area contributed by atoms with Gasteiger partial charge in [-0.05, 0) is 56.0 Å². The molecule has 4 heteroatoms. The molecule has 3 nitrogen and oxygen atoms in total. The first-order chi connectivity index (χ1) is 10.1. The van der Waals surface area contributed by atoms with Gasteiger partial charge in [-0.25, -0.2) is 0 Å². The van der Waals surface area contributed by atoms with Crippen molar-refractivity contribution in [3.8, 4) is 11.5 Å². The summed E-state index contributed by atoms with van der Waals surface area (Å²) in [7, 11) is 0. The molecular formula is C17H19ClN2O. The van der Waals surface area contributed by atoms with E-state index in [1.807, 2.05) is 38.1 Å². The van der Waals surface area contributed by atoms with E-state index < -0.39 is 0 Å². The Morgan fingerprint density at radius 2 is 1.95 bits per heavy atom. The van der Waals surface area contributed by atoms with Crippen molar-refractivity contribution in [1.82, 2.24) is 10.3 Å². The Morgan fingerprint density at radius 1 is 1.24 bits per heavy atom. The van der Waals surface area contributed by atoms with Crippen LogP contribution in [0.3, 0.4) is 0 Å². The van der Waals surface area contributed by atoms with Crippen molar-refractivity contribution < 1.29 is 4.74 Å². The van der Waals surface area contributed by atoms with E-state index in [4.69, 9.17) is 16.3 Å². The van der Waals surface area contributed by atoms with Gasteiger partial charge in [-0.2, -0.15) is 0 Å². The maximum atomic E-state index is 6.05. The predicted octanol–water partition coefficient (Wildman–Crippen LogP) is 4.40. The van der Waals surface area contributed by atoms with Gasteiger partial charge in [-0.1, -0.05) is 11.6 Å². The first-order valence-corrected chi connectivity index (χ1v) is 7.62. The van der Waals surface area contributed by atoms with E-state index in [0.29, 0.717) is 6.04 Å². The molecule has 0 unspecified atom stereocenters. The zero-order valence-electron chi connectivity index (χ0n) is 12.3. The van der Waals surface area contributed by atoms with Crippen molar-refractivity contribution >= 4 is 11.6 Å².